The zero-order chi connectivity index (χ0) is 30.1. The maximum atomic E-state index is 13.2. The number of carbonyl (C=O) groups is 5. The molecule has 0 spiro atoms. The lowest BCUT2D eigenvalue weighted by atomic mass is 10.0. The number of aliphatic hydroxyl groups is 1. The Hall–Kier alpha value is -4.26. The summed E-state index contributed by atoms with van der Waals surface area (Å²) in [5, 5.41) is 24.2. The van der Waals surface area contributed by atoms with E-state index in [2.05, 4.69) is 26.4 Å². The summed E-state index contributed by atoms with van der Waals surface area (Å²) in [6.45, 7) is 6.47. The first-order chi connectivity index (χ1) is 19.5. The molecule has 0 fully saturated rings. The number of aliphatic hydroxyl groups excluding tert-OH is 1. The Morgan fingerprint density at radius 2 is 1.73 bits per heavy atom. The lowest BCUT2D eigenvalue weighted by Crippen LogP contribution is -2.58. The van der Waals surface area contributed by atoms with Gasteiger partial charge in [-0.1, -0.05) is 49.3 Å². The zero-order valence-electron chi connectivity index (χ0n) is 23.7. The predicted molar refractivity (Wildman–Crippen MR) is 147 cm³/mol. The molecule has 1 aromatic heterocycles. The van der Waals surface area contributed by atoms with E-state index in [0.29, 0.717) is 6.42 Å². The first kappa shape index (κ1) is 31.3. The molecule has 4 atom stereocenters. The fourth-order valence-corrected chi connectivity index (χ4v) is 4.25. The van der Waals surface area contributed by atoms with Crippen molar-refractivity contribution in [3.05, 3.63) is 53.4 Å². The van der Waals surface area contributed by atoms with Crippen LogP contribution in [0.2, 0.25) is 0 Å². The molecule has 13 heteroatoms. The van der Waals surface area contributed by atoms with Crippen molar-refractivity contribution in [2.75, 3.05) is 13.1 Å². The summed E-state index contributed by atoms with van der Waals surface area (Å²) in [5.41, 5.74) is 0.839. The van der Waals surface area contributed by atoms with E-state index in [-0.39, 0.29) is 49.3 Å². The number of benzene rings is 1. The number of aryl methyl sites for hydroxylation is 1. The molecule has 2 bridgehead atoms. The molecule has 2 heterocycles. The van der Waals surface area contributed by atoms with Gasteiger partial charge in [-0.3, -0.25) is 24.0 Å². The minimum Gasteiger partial charge on any atom is -0.391 e. The van der Waals surface area contributed by atoms with Gasteiger partial charge in [0.1, 0.15) is 18.1 Å². The number of hydrogen-bond acceptors (Lipinski definition) is 8. The Morgan fingerprint density at radius 1 is 1.02 bits per heavy atom. The van der Waals surface area contributed by atoms with E-state index in [1.54, 1.807) is 13.8 Å². The lowest BCUT2D eigenvalue weighted by Gasteiger charge is -2.26. The van der Waals surface area contributed by atoms with Crippen molar-refractivity contribution >= 4 is 29.5 Å². The molecular weight excluding hydrogens is 532 g/mol. The average Bonchev–Trinajstić information content (AvgIpc) is 3.40. The van der Waals surface area contributed by atoms with E-state index < -0.39 is 47.9 Å². The van der Waals surface area contributed by atoms with E-state index in [1.807, 2.05) is 30.3 Å². The summed E-state index contributed by atoms with van der Waals surface area (Å²) in [5.74, 6) is -2.92. The summed E-state index contributed by atoms with van der Waals surface area (Å²) in [6.07, 6.45) is -0.597. The van der Waals surface area contributed by atoms with Crippen LogP contribution in [0.3, 0.4) is 0 Å². The predicted octanol–water partition coefficient (Wildman–Crippen LogP) is -0.109. The van der Waals surface area contributed by atoms with Crippen molar-refractivity contribution in [2.45, 2.75) is 71.3 Å². The quantitative estimate of drug-likeness (QED) is 0.330. The number of nitrogens with one attached hydrogen (secondary N) is 4. The van der Waals surface area contributed by atoms with Crippen LogP contribution in [0.5, 0.6) is 0 Å². The van der Waals surface area contributed by atoms with Crippen LogP contribution in [0.1, 0.15) is 55.9 Å². The SMILES string of the molecule is CC(C)[C@@H]1NC(=O)[C@H](C)NC(=O)[C@H]([C@@H](C)O)NC(=O)c2cc(on2)CN(C(=O)CCc2ccccc2)CCNC1=O. The van der Waals surface area contributed by atoms with Crippen LogP contribution in [-0.2, 0) is 32.1 Å². The van der Waals surface area contributed by atoms with Crippen molar-refractivity contribution in [2.24, 2.45) is 5.92 Å². The van der Waals surface area contributed by atoms with Crippen LogP contribution in [0, 0.1) is 5.92 Å². The summed E-state index contributed by atoms with van der Waals surface area (Å²) in [6, 6.07) is 7.48. The van der Waals surface area contributed by atoms with E-state index in [4.69, 9.17) is 4.52 Å². The molecule has 0 radical (unpaired) electrons. The summed E-state index contributed by atoms with van der Waals surface area (Å²) >= 11 is 0. The first-order valence-electron chi connectivity index (χ1n) is 13.6. The molecule has 41 heavy (non-hydrogen) atoms. The fraction of sp³-hybridized carbons (Fsp3) is 0.500. The second-order valence-electron chi connectivity index (χ2n) is 10.4. The summed E-state index contributed by atoms with van der Waals surface area (Å²) < 4.78 is 5.31. The Labute approximate surface area is 238 Å². The molecule has 5 N–H and O–H groups in total. The number of aromatic nitrogens is 1. The topological polar surface area (TPSA) is 183 Å². The number of rotatable bonds is 5. The van der Waals surface area contributed by atoms with Crippen molar-refractivity contribution in [1.82, 2.24) is 31.3 Å². The van der Waals surface area contributed by atoms with Crippen LogP contribution in [0.15, 0.2) is 40.9 Å². The van der Waals surface area contributed by atoms with Gasteiger partial charge in [-0.15, -0.1) is 0 Å². The highest BCUT2D eigenvalue weighted by Gasteiger charge is 2.32. The molecule has 1 aromatic carbocycles. The van der Waals surface area contributed by atoms with Gasteiger partial charge in [-0.05, 0) is 31.7 Å². The highest BCUT2D eigenvalue weighted by molar-refractivity contribution is 5.98. The lowest BCUT2D eigenvalue weighted by molar-refractivity contribution is -0.134. The minimum absolute atomic E-state index is 0.0219. The highest BCUT2D eigenvalue weighted by atomic mass is 16.5. The molecule has 5 amide bonds. The van der Waals surface area contributed by atoms with Gasteiger partial charge in [-0.2, -0.15) is 0 Å². The highest BCUT2D eigenvalue weighted by Crippen LogP contribution is 2.12. The number of fused-ring (bicyclic) bond motifs is 2. The second kappa shape index (κ2) is 14.4. The molecule has 0 saturated carbocycles. The second-order valence-corrected chi connectivity index (χ2v) is 10.4. The van der Waals surface area contributed by atoms with Gasteiger partial charge in [-0.25, -0.2) is 0 Å². The monoisotopic (exact) mass is 570 g/mol. The third-order valence-corrected chi connectivity index (χ3v) is 6.69. The molecule has 0 aliphatic carbocycles. The van der Waals surface area contributed by atoms with Crippen molar-refractivity contribution in [1.29, 1.82) is 0 Å². The largest absolute Gasteiger partial charge is 0.391 e. The number of carbonyl (C=O) groups excluding carboxylic acids is 5. The van der Waals surface area contributed by atoms with E-state index in [9.17, 15) is 29.1 Å². The molecular formula is C28H38N6O7. The standard InChI is InChI=1S/C28H38N6O7/c1-16(2)23-27(39)29-12-13-34(22(36)11-10-19-8-6-5-7-9-19)15-20-14-21(33-41-20)26(38)32-24(18(4)35)28(40)30-17(3)25(37)31-23/h5-9,14,16-18,23-24,35H,10-13,15H2,1-4H3,(H,29,39)(H,30,40)(H,31,37)(H,32,38)/t17-,18+,23-,24-/m0/s1. The average molecular weight is 571 g/mol. The smallest absolute Gasteiger partial charge is 0.274 e. The molecule has 13 nitrogen and oxygen atoms in total. The van der Waals surface area contributed by atoms with Gasteiger partial charge in [0.15, 0.2) is 11.5 Å². The molecule has 1 aliphatic rings. The Kier molecular flexibility index (Phi) is 11.0. The molecule has 1 aliphatic heterocycles. The summed E-state index contributed by atoms with van der Waals surface area (Å²) in [4.78, 5) is 66.2. The zero-order valence-corrected chi connectivity index (χ0v) is 23.7. The van der Waals surface area contributed by atoms with Gasteiger partial charge in [0.2, 0.25) is 23.6 Å². The Balaban J connectivity index is 1.86. The number of amides is 5. The Bertz CT molecular complexity index is 1230. The van der Waals surface area contributed by atoms with E-state index >= 15 is 0 Å². The normalized spacial score (nSPS) is 22.1. The van der Waals surface area contributed by atoms with Crippen LogP contribution in [0.4, 0.5) is 0 Å². The van der Waals surface area contributed by atoms with Gasteiger partial charge in [0.25, 0.3) is 5.91 Å². The van der Waals surface area contributed by atoms with Crippen LogP contribution >= 0.6 is 0 Å². The van der Waals surface area contributed by atoms with Crippen molar-refractivity contribution < 1.29 is 33.6 Å². The van der Waals surface area contributed by atoms with Crippen LogP contribution < -0.4 is 21.3 Å². The summed E-state index contributed by atoms with van der Waals surface area (Å²) in [7, 11) is 0. The Morgan fingerprint density at radius 3 is 2.39 bits per heavy atom. The van der Waals surface area contributed by atoms with Crippen molar-refractivity contribution in [3.63, 3.8) is 0 Å². The molecule has 2 aromatic rings. The fourth-order valence-electron chi connectivity index (χ4n) is 4.25. The minimum atomic E-state index is -1.41. The van der Waals surface area contributed by atoms with Gasteiger partial charge in [0.05, 0.1) is 12.6 Å². The third kappa shape index (κ3) is 8.87. The van der Waals surface area contributed by atoms with Gasteiger partial charge < -0.3 is 35.8 Å². The van der Waals surface area contributed by atoms with Crippen LogP contribution in [-0.4, -0.2) is 82.0 Å². The van der Waals surface area contributed by atoms with Crippen LogP contribution in [0.25, 0.3) is 0 Å². The maximum absolute atomic E-state index is 13.2. The van der Waals surface area contributed by atoms with Gasteiger partial charge >= 0.3 is 0 Å². The van der Waals surface area contributed by atoms with Gasteiger partial charge in [0, 0.05) is 25.6 Å². The maximum Gasteiger partial charge on any atom is 0.274 e. The third-order valence-electron chi connectivity index (χ3n) is 6.69. The first-order valence-corrected chi connectivity index (χ1v) is 13.6. The molecule has 0 saturated heterocycles. The number of hydrogen-bond donors (Lipinski definition) is 5. The molecule has 0 unspecified atom stereocenters. The number of nitrogens with zero attached hydrogens (tertiary/aromatic N) is 2. The van der Waals surface area contributed by atoms with Crippen molar-refractivity contribution in [3.8, 4) is 0 Å². The van der Waals surface area contributed by atoms with E-state index in [1.165, 1.54) is 24.8 Å². The van der Waals surface area contributed by atoms with E-state index in [0.717, 1.165) is 5.56 Å². The molecule has 222 valence electrons. The molecule has 3 rings (SSSR count).